The van der Waals surface area contributed by atoms with Gasteiger partial charge in [-0.05, 0) is 44.2 Å². The molecular formula is C17H22F3N3O. The molecule has 0 unspecified atom stereocenters. The number of pyridine rings is 1. The lowest BCUT2D eigenvalue weighted by Crippen LogP contribution is -2.34. The summed E-state index contributed by atoms with van der Waals surface area (Å²) in [6, 6.07) is 3.50. The fourth-order valence-corrected chi connectivity index (χ4v) is 3.64. The van der Waals surface area contributed by atoms with Crippen molar-refractivity contribution in [2.45, 2.75) is 44.7 Å². The molecule has 3 rings (SSSR count). The van der Waals surface area contributed by atoms with Gasteiger partial charge in [-0.2, -0.15) is 13.2 Å². The average molecular weight is 341 g/mol. The Balaban J connectivity index is 1.69. The van der Waals surface area contributed by atoms with Crippen LogP contribution in [0.5, 0.6) is 0 Å². The average Bonchev–Trinajstić information content (AvgIpc) is 3.09. The second-order valence-corrected chi connectivity index (χ2v) is 6.66. The summed E-state index contributed by atoms with van der Waals surface area (Å²) < 4.78 is 38.8. The van der Waals surface area contributed by atoms with E-state index in [-0.39, 0.29) is 18.7 Å². The molecule has 0 bridgehead atoms. The van der Waals surface area contributed by atoms with Gasteiger partial charge in [0.25, 0.3) is 0 Å². The van der Waals surface area contributed by atoms with Crippen LogP contribution in [0.25, 0.3) is 0 Å². The van der Waals surface area contributed by atoms with E-state index in [0.717, 1.165) is 25.9 Å². The smallest absolute Gasteiger partial charge is 0.355 e. The van der Waals surface area contributed by atoms with Crippen LogP contribution in [0.4, 0.5) is 24.7 Å². The monoisotopic (exact) mass is 341 g/mol. The Kier molecular flexibility index (Phi) is 4.96. The van der Waals surface area contributed by atoms with Crippen molar-refractivity contribution in [3.8, 4) is 0 Å². The largest absolute Gasteiger partial charge is 0.391 e. The van der Waals surface area contributed by atoms with Crippen LogP contribution in [-0.4, -0.2) is 30.2 Å². The maximum Gasteiger partial charge on any atom is 0.391 e. The molecule has 1 amide bonds. The van der Waals surface area contributed by atoms with E-state index >= 15 is 0 Å². The van der Waals surface area contributed by atoms with Crippen molar-refractivity contribution in [3.05, 3.63) is 18.3 Å². The van der Waals surface area contributed by atoms with E-state index in [0.29, 0.717) is 24.3 Å². The van der Waals surface area contributed by atoms with Gasteiger partial charge in [-0.3, -0.25) is 4.79 Å². The van der Waals surface area contributed by atoms with E-state index in [2.05, 4.69) is 15.2 Å². The number of nitrogens with zero attached hydrogens (tertiary/aromatic N) is 2. The van der Waals surface area contributed by atoms with Crippen LogP contribution in [0.2, 0.25) is 0 Å². The highest BCUT2D eigenvalue weighted by molar-refractivity contribution is 5.95. The van der Waals surface area contributed by atoms with E-state index in [1.807, 2.05) is 0 Å². The fourth-order valence-electron chi connectivity index (χ4n) is 3.64. The Bertz CT molecular complexity index is 585. The van der Waals surface area contributed by atoms with Gasteiger partial charge in [0, 0.05) is 25.2 Å². The predicted octanol–water partition coefficient (Wildman–Crippen LogP) is 3.99. The van der Waals surface area contributed by atoms with Crippen LogP contribution in [0.3, 0.4) is 0 Å². The van der Waals surface area contributed by atoms with Crippen molar-refractivity contribution in [2.75, 3.05) is 23.3 Å². The van der Waals surface area contributed by atoms with Crippen molar-refractivity contribution >= 4 is 17.4 Å². The molecule has 1 saturated heterocycles. The van der Waals surface area contributed by atoms with Crippen LogP contribution in [0, 0.1) is 11.8 Å². The number of carbonyl (C=O) groups is 1. The Labute approximate surface area is 139 Å². The summed E-state index contributed by atoms with van der Waals surface area (Å²) in [5.41, 5.74) is 0.596. The summed E-state index contributed by atoms with van der Waals surface area (Å²) >= 11 is 0. The molecule has 1 N–H and O–H groups in total. The molecule has 4 nitrogen and oxygen atoms in total. The highest BCUT2D eigenvalue weighted by Gasteiger charge is 2.43. The minimum absolute atomic E-state index is 0.116. The lowest BCUT2D eigenvalue weighted by molar-refractivity contribution is -0.185. The Morgan fingerprint density at radius 3 is 2.67 bits per heavy atom. The number of alkyl halides is 3. The Morgan fingerprint density at radius 2 is 1.96 bits per heavy atom. The van der Waals surface area contributed by atoms with Gasteiger partial charge < -0.3 is 10.2 Å². The maximum absolute atomic E-state index is 12.9. The zero-order valence-corrected chi connectivity index (χ0v) is 13.5. The molecule has 0 spiro atoms. The van der Waals surface area contributed by atoms with Gasteiger partial charge >= 0.3 is 6.18 Å². The number of aromatic nitrogens is 1. The number of hydrogen-bond acceptors (Lipinski definition) is 3. The van der Waals surface area contributed by atoms with E-state index in [4.69, 9.17) is 0 Å². The zero-order valence-electron chi connectivity index (χ0n) is 13.5. The number of nitrogens with one attached hydrogen (secondary N) is 1. The summed E-state index contributed by atoms with van der Waals surface area (Å²) in [5.74, 6) is -1.56. The van der Waals surface area contributed by atoms with Crippen LogP contribution in [-0.2, 0) is 4.79 Å². The van der Waals surface area contributed by atoms with Crippen molar-refractivity contribution in [3.63, 3.8) is 0 Å². The fraction of sp³-hybridized carbons (Fsp3) is 0.647. The molecule has 1 aliphatic heterocycles. The second-order valence-electron chi connectivity index (χ2n) is 6.66. The molecule has 7 heteroatoms. The molecule has 2 fully saturated rings. The van der Waals surface area contributed by atoms with Crippen molar-refractivity contribution in [1.29, 1.82) is 0 Å². The van der Waals surface area contributed by atoms with E-state index < -0.39 is 18.0 Å². The molecule has 1 aromatic rings. The van der Waals surface area contributed by atoms with Gasteiger partial charge in [-0.25, -0.2) is 4.98 Å². The summed E-state index contributed by atoms with van der Waals surface area (Å²) in [6.07, 6.45) is 0.580. The Hall–Kier alpha value is -1.79. The number of anilines is 2. The quantitative estimate of drug-likeness (QED) is 0.904. The van der Waals surface area contributed by atoms with Crippen molar-refractivity contribution in [1.82, 2.24) is 4.98 Å². The summed E-state index contributed by atoms with van der Waals surface area (Å²) in [4.78, 5) is 18.9. The molecule has 1 aliphatic carbocycles. The standard InChI is InChI=1S/C17H22F3N3O/c18-17(19,20)13-6-3-5-12(11-13)16(24)22-14-7-4-8-21-15(14)23-9-1-2-10-23/h4,7-8,12-13H,1-3,5-6,9-11H2,(H,22,24)/t12-,13+/m0/s1. The number of halogens is 3. The molecular weight excluding hydrogens is 319 g/mol. The maximum atomic E-state index is 12.9. The van der Waals surface area contributed by atoms with Gasteiger partial charge in [-0.1, -0.05) is 6.42 Å². The molecule has 132 valence electrons. The molecule has 0 aromatic carbocycles. The third-order valence-electron chi connectivity index (χ3n) is 4.96. The molecule has 1 aromatic heterocycles. The molecule has 24 heavy (non-hydrogen) atoms. The first-order valence-electron chi connectivity index (χ1n) is 8.52. The Morgan fingerprint density at radius 1 is 1.21 bits per heavy atom. The van der Waals surface area contributed by atoms with Crippen LogP contribution in [0.15, 0.2) is 18.3 Å². The number of carbonyl (C=O) groups excluding carboxylic acids is 1. The number of amides is 1. The highest BCUT2D eigenvalue weighted by Crippen LogP contribution is 2.40. The van der Waals surface area contributed by atoms with E-state index in [9.17, 15) is 18.0 Å². The minimum Gasteiger partial charge on any atom is -0.355 e. The van der Waals surface area contributed by atoms with Gasteiger partial charge in [0.2, 0.25) is 5.91 Å². The third kappa shape index (κ3) is 3.82. The first-order valence-corrected chi connectivity index (χ1v) is 8.52. The molecule has 0 radical (unpaired) electrons. The van der Waals surface area contributed by atoms with Gasteiger partial charge in [-0.15, -0.1) is 0 Å². The van der Waals surface area contributed by atoms with Gasteiger partial charge in [0.05, 0.1) is 11.6 Å². The summed E-state index contributed by atoms with van der Waals surface area (Å²) in [5, 5.41) is 2.82. The predicted molar refractivity (Wildman–Crippen MR) is 85.8 cm³/mol. The van der Waals surface area contributed by atoms with Crippen molar-refractivity contribution in [2.24, 2.45) is 11.8 Å². The topological polar surface area (TPSA) is 45.2 Å². The molecule has 2 aliphatic rings. The highest BCUT2D eigenvalue weighted by atomic mass is 19.4. The number of rotatable bonds is 3. The zero-order chi connectivity index (χ0) is 17.2. The lowest BCUT2D eigenvalue weighted by Gasteiger charge is -2.30. The number of hydrogen-bond donors (Lipinski definition) is 1. The molecule has 2 heterocycles. The minimum atomic E-state index is -4.21. The summed E-state index contributed by atoms with van der Waals surface area (Å²) in [6.45, 7) is 1.78. The molecule has 1 saturated carbocycles. The van der Waals surface area contributed by atoms with Crippen molar-refractivity contribution < 1.29 is 18.0 Å². The lowest BCUT2D eigenvalue weighted by atomic mass is 9.80. The van der Waals surface area contributed by atoms with Gasteiger partial charge in [0.1, 0.15) is 0 Å². The third-order valence-corrected chi connectivity index (χ3v) is 4.96. The van der Waals surface area contributed by atoms with E-state index in [1.54, 1.807) is 18.3 Å². The van der Waals surface area contributed by atoms with E-state index in [1.165, 1.54) is 0 Å². The first kappa shape index (κ1) is 17.0. The van der Waals surface area contributed by atoms with Gasteiger partial charge in [0.15, 0.2) is 5.82 Å². The van der Waals surface area contributed by atoms with Crippen LogP contribution < -0.4 is 10.2 Å². The molecule has 2 atom stereocenters. The van der Waals surface area contributed by atoms with Crippen LogP contribution >= 0.6 is 0 Å². The van der Waals surface area contributed by atoms with Crippen LogP contribution in [0.1, 0.15) is 38.5 Å². The first-order chi connectivity index (χ1) is 11.4. The normalized spacial score (nSPS) is 24.9. The second kappa shape index (κ2) is 6.99. The summed E-state index contributed by atoms with van der Waals surface area (Å²) in [7, 11) is 0. The SMILES string of the molecule is O=C(Nc1cccnc1N1CCCC1)[C@H]1CCC[C@@H](C(F)(F)F)C1.